The lowest BCUT2D eigenvalue weighted by atomic mass is 9.96. The Bertz CT molecular complexity index is 2150. The fourth-order valence-corrected chi connectivity index (χ4v) is 12.8. The molecule has 0 aliphatic heterocycles. The van der Waals surface area contributed by atoms with E-state index in [1.54, 1.807) is 0 Å². The summed E-state index contributed by atoms with van der Waals surface area (Å²) in [6.07, 6.45) is 0. The van der Waals surface area contributed by atoms with Crippen molar-refractivity contribution in [3.05, 3.63) is 182 Å². The van der Waals surface area contributed by atoms with E-state index in [9.17, 15) is 0 Å². The van der Waals surface area contributed by atoms with Gasteiger partial charge in [0.25, 0.3) is 0 Å². The highest BCUT2D eigenvalue weighted by atomic mass is 32.1. The van der Waals surface area contributed by atoms with Gasteiger partial charge in [0.05, 0.1) is 0 Å². The number of anilines is 3. The van der Waals surface area contributed by atoms with Crippen molar-refractivity contribution in [1.29, 1.82) is 0 Å². The van der Waals surface area contributed by atoms with E-state index in [4.69, 9.17) is 0 Å². The van der Waals surface area contributed by atoms with Gasteiger partial charge in [-0.3, -0.25) is 0 Å². The third-order valence-electron chi connectivity index (χ3n) is 9.09. The van der Waals surface area contributed by atoms with E-state index >= 15 is 0 Å². The second-order valence-corrected chi connectivity index (χ2v) is 16.7. The Morgan fingerprint density at radius 3 is 1.39 bits per heavy atom. The molecule has 7 aromatic carbocycles. The van der Waals surface area contributed by atoms with E-state index in [1.165, 1.54) is 46.4 Å². The van der Waals surface area contributed by atoms with Crippen molar-refractivity contribution < 1.29 is 0 Å². The first-order chi connectivity index (χ1) is 22.7. The van der Waals surface area contributed by atoms with Crippen molar-refractivity contribution in [3.8, 4) is 0 Å². The molecule has 1 nitrogen and oxygen atoms in total. The minimum absolute atomic E-state index is 1.14. The van der Waals surface area contributed by atoms with E-state index in [-0.39, 0.29) is 0 Å². The zero-order valence-electron chi connectivity index (χ0n) is 25.7. The molecule has 0 atom stereocenters. The van der Waals surface area contributed by atoms with Crippen LogP contribution in [0.25, 0.3) is 20.2 Å². The molecule has 0 amide bonds. The number of rotatable bonds is 7. The topological polar surface area (TPSA) is 3.24 Å². The van der Waals surface area contributed by atoms with E-state index in [1.807, 2.05) is 11.3 Å². The van der Waals surface area contributed by atoms with E-state index in [2.05, 4.69) is 195 Å². The summed E-state index contributed by atoms with van der Waals surface area (Å²) in [5.41, 5.74) is 4.71. The first kappa shape index (κ1) is 28.3. The van der Waals surface area contributed by atoms with Gasteiger partial charge in [-0.25, -0.2) is 0 Å². The average molecular weight is 622 g/mol. The zero-order chi connectivity index (χ0) is 30.9. The number of hydrogen-bond donors (Lipinski definition) is 0. The summed E-state index contributed by atoms with van der Waals surface area (Å²) in [6.45, 7) is 0. The monoisotopic (exact) mass is 621 g/mol. The lowest BCUT2D eigenvalue weighted by Gasteiger charge is -2.35. The number of thiophene rings is 1. The van der Waals surface area contributed by atoms with Gasteiger partial charge < -0.3 is 4.90 Å². The summed E-state index contributed by atoms with van der Waals surface area (Å²) < 4.78 is 2.63. The molecule has 8 aromatic rings. The third-order valence-corrected chi connectivity index (χ3v) is 15.0. The van der Waals surface area contributed by atoms with E-state index < -0.39 is 8.07 Å². The molecule has 1 aromatic heterocycles. The molecule has 0 aliphatic rings. The second kappa shape index (κ2) is 12.0. The van der Waals surface area contributed by atoms with Crippen molar-refractivity contribution >= 4 is 90.7 Å². The fourth-order valence-electron chi connectivity index (χ4n) is 6.92. The zero-order valence-corrected chi connectivity index (χ0v) is 27.5. The van der Waals surface area contributed by atoms with Crippen LogP contribution in [0.4, 0.5) is 17.1 Å². The molecule has 8 rings (SSSR count). The standard InChI is InChI=1S/C42H32BNSSi/c43-31-20-22-32(23-21-31)44(34-26-29-40-39-18-10-11-19-41(39)45-42(40)30-34)33-24-27-38(28-25-33)46(35-12-4-1-5-13-35,36-14-6-2-7-15-36)37-16-8-3-9-17-37/h1-30H,43H2. The Kier molecular flexibility index (Phi) is 7.38. The molecule has 0 spiro atoms. The van der Waals surface area contributed by atoms with Gasteiger partial charge in [0.15, 0.2) is 8.07 Å². The van der Waals surface area contributed by atoms with Crippen LogP contribution in [0.3, 0.4) is 0 Å². The largest absolute Gasteiger partial charge is 0.310 e. The van der Waals surface area contributed by atoms with Gasteiger partial charge in [0.1, 0.15) is 7.85 Å². The number of fused-ring (bicyclic) bond motifs is 3. The Hall–Kier alpha value is -5.16. The minimum atomic E-state index is -2.60. The van der Waals surface area contributed by atoms with Crippen molar-refractivity contribution in [2.45, 2.75) is 0 Å². The maximum Gasteiger partial charge on any atom is 0.179 e. The lowest BCUT2D eigenvalue weighted by Crippen LogP contribution is -2.74. The highest BCUT2D eigenvalue weighted by Crippen LogP contribution is 2.40. The summed E-state index contributed by atoms with van der Waals surface area (Å²) in [5, 5.41) is 8.14. The molecule has 0 saturated carbocycles. The molecule has 0 aliphatic carbocycles. The molecule has 0 bridgehead atoms. The summed E-state index contributed by atoms with van der Waals surface area (Å²) in [7, 11) is -0.450. The Morgan fingerprint density at radius 1 is 0.391 bits per heavy atom. The maximum atomic E-state index is 2.39. The Labute approximate surface area is 276 Å². The quantitative estimate of drug-likeness (QED) is 0.135. The minimum Gasteiger partial charge on any atom is -0.310 e. The van der Waals surface area contributed by atoms with Crippen LogP contribution < -0.4 is 31.1 Å². The SMILES string of the molecule is Bc1ccc(N(c2ccc([Si](c3ccccc3)(c3ccccc3)c3ccccc3)cc2)c2ccc3c(c2)sc2ccccc23)cc1. The molecule has 218 valence electrons. The summed E-state index contributed by atoms with van der Waals surface area (Å²) in [5.74, 6) is 0. The summed E-state index contributed by atoms with van der Waals surface area (Å²) >= 11 is 1.86. The molecule has 0 unspecified atom stereocenters. The molecule has 1 heterocycles. The molecule has 0 radical (unpaired) electrons. The normalized spacial score (nSPS) is 11.6. The highest BCUT2D eigenvalue weighted by Gasteiger charge is 2.41. The van der Waals surface area contributed by atoms with Gasteiger partial charge in [-0.2, -0.15) is 0 Å². The first-order valence-electron chi connectivity index (χ1n) is 15.8. The maximum absolute atomic E-state index is 2.60. The summed E-state index contributed by atoms with van der Waals surface area (Å²) in [6, 6.07) is 67.2. The van der Waals surface area contributed by atoms with Crippen LogP contribution in [-0.4, -0.2) is 15.9 Å². The number of benzene rings is 7. The number of hydrogen-bond acceptors (Lipinski definition) is 2. The molecule has 0 N–H and O–H groups in total. The molecular formula is C42H32BNSSi. The average Bonchev–Trinajstić information content (AvgIpc) is 3.50. The van der Waals surface area contributed by atoms with Crippen LogP contribution in [0, 0.1) is 0 Å². The van der Waals surface area contributed by atoms with Gasteiger partial charge in [-0.1, -0.05) is 145 Å². The van der Waals surface area contributed by atoms with Crippen LogP contribution in [0.2, 0.25) is 0 Å². The fraction of sp³-hybridized carbons (Fsp3) is 0. The first-order valence-corrected chi connectivity index (χ1v) is 18.6. The van der Waals surface area contributed by atoms with Crippen molar-refractivity contribution in [2.24, 2.45) is 0 Å². The van der Waals surface area contributed by atoms with Gasteiger partial charge >= 0.3 is 0 Å². The highest BCUT2D eigenvalue weighted by molar-refractivity contribution is 7.25. The summed E-state index contributed by atoms with van der Waals surface area (Å²) in [4.78, 5) is 2.39. The van der Waals surface area contributed by atoms with Crippen LogP contribution in [0.1, 0.15) is 0 Å². The Morgan fingerprint density at radius 2 is 0.826 bits per heavy atom. The second-order valence-electron chi connectivity index (χ2n) is 11.8. The third kappa shape index (κ3) is 4.87. The predicted octanol–water partition coefficient (Wildman–Crippen LogP) is 7.16. The van der Waals surface area contributed by atoms with Crippen molar-refractivity contribution in [3.63, 3.8) is 0 Å². The van der Waals surface area contributed by atoms with Crippen LogP contribution >= 0.6 is 11.3 Å². The van der Waals surface area contributed by atoms with Crippen molar-refractivity contribution in [1.82, 2.24) is 0 Å². The molecule has 4 heteroatoms. The van der Waals surface area contributed by atoms with Crippen LogP contribution in [-0.2, 0) is 0 Å². The van der Waals surface area contributed by atoms with E-state index in [0.29, 0.717) is 0 Å². The van der Waals surface area contributed by atoms with Gasteiger partial charge in [0, 0.05) is 37.2 Å². The van der Waals surface area contributed by atoms with Gasteiger partial charge in [0.2, 0.25) is 0 Å². The molecular weight excluding hydrogens is 589 g/mol. The van der Waals surface area contributed by atoms with Gasteiger partial charge in [-0.15, -0.1) is 11.3 Å². The molecule has 0 saturated heterocycles. The van der Waals surface area contributed by atoms with Crippen molar-refractivity contribution in [2.75, 3.05) is 4.90 Å². The van der Waals surface area contributed by atoms with Crippen LogP contribution in [0.15, 0.2) is 182 Å². The molecule has 46 heavy (non-hydrogen) atoms. The van der Waals surface area contributed by atoms with E-state index in [0.717, 1.165) is 17.1 Å². The van der Waals surface area contributed by atoms with Crippen LogP contribution in [0.5, 0.6) is 0 Å². The smallest absolute Gasteiger partial charge is 0.179 e. The lowest BCUT2D eigenvalue weighted by molar-refractivity contribution is 1.29. The Balaban J connectivity index is 1.32. The molecule has 0 fully saturated rings. The van der Waals surface area contributed by atoms with Gasteiger partial charge in [-0.05, 0) is 63.2 Å². The number of nitrogens with zero attached hydrogens (tertiary/aromatic N) is 1. The predicted molar refractivity (Wildman–Crippen MR) is 206 cm³/mol.